The molecule has 0 atom stereocenters. The molecule has 0 N–H and O–H groups in total. The van der Waals surface area contributed by atoms with Crippen molar-refractivity contribution in [1.82, 2.24) is 9.78 Å². The summed E-state index contributed by atoms with van der Waals surface area (Å²) in [5, 5.41) is 3.99. The van der Waals surface area contributed by atoms with E-state index in [1.54, 1.807) is 18.2 Å². The van der Waals surface area contributed by atoms with E-state index in [2.05, 4.69) is 5.10 Å². The van der Waals surface area contributed by atoms with Crippen molar-refractivity contribution in [2.75, 3.05) is 0 Å². The molecular weight excluding hydrogens is 284 g/mol. The molecule has 0 bridgehead atoms. The molecule has 0 spiro atoms. The molecule has 6 heteroatoms. The summed E-state index contributed by atoms with van der Waals surface area (Å²) < 4.78 is 11.1. The van der Waals surface area contributed by atoms with Crippen LogP contribution in [0, 0.1) is 13.8 Å². The number of aromatic nitrogens is 2. The Morgan fingerprint density at radius 1 is 1.27 bits per heavy atom. The van der Waals surface area contributed by atoms with E-state index >= 15 is 0 Å². The fourth-order valence-electron chi connectivity index (χ4n) is 2.16. The van der Waals surface area contributed by atoms with Crippen LogP contribution in [0.5, 0.6) is 0 Å². The molecule has 3 rings (SSSR count). The maximum atomic E-state index is 12.4. The molecule has 0 aliphatic heterocycles. The first-order valence-corrected chi connectivity index (χ1v) is 6.77. The zero-order chi connectivity index (χ0) is 15.7. The van der Waals surface area contributed by atoms with Gasteiger partial charge in [0, 0.05) is 5.56 Å². The highest BCUT2D eigenvalue weighted by Crippen LogP contribution is 2.16. The fraction of sp³-hybridized carbons (Fsp3) is 0.188. The van der Waals surface area contributed by atoms with Gasteiger partial charge < -0.3 is 8.83 Å². The first-order chi connectivity index (χ1) is 10.5. The third kappa shape index (κ3) is 2.63. The van der Waals surface area contributed by atoms with Crippen LogP contribution in [0.3, 0.4) is 0 Å². The summed E-state index contributed by atoms with van der Waals surface area (Å²) in [7, 11) is 0. The number of Topliss-reactive ketones (excluding diaryl/α,β-unsaturated/α-hetero) is 1. The molecule has 0 radical (unpaired) electrons. The number of hydrogen-bond acceptors (Lipinski definition) is 5. The Kier molecular flexibility index (Phi) is 3.50. The Morgan fingerprint density at radius 2 is 2.09 bits per heavy atom. The summed E-state index contributed by atoms with van der Waals surface area (Å²) >= 11 is 0. The van der Waals surface area contributed by atoms with E-state index in [1.165, 1.54) is 6.26 Å². The van der Waals surface area contributed by atoms with Crippen LogP contribution in [0.2, 0.25) is 0 Å². The predicted molar refractivity (Wildman–Crippen MR) is 78.7 cm³/mol. The maximum Gasteiger partial charge on any atom is 0.437 e. The lowest BCUT2D eigenvalue weighted by Gasteiger charge is -2.05. The predicted octanol–water partition coefficient (Wildman–Crippen LogP) is 2.60. The molecule has 0 unspecified atom stereocenters. The van der Waals surface area contributed by atoms with E-state index < -0.39 is 5.76 Å². The second-order valence-electron chi connectivity index (χ2n) is 5.05. The van der Waals surface area contributed by atoms with E-state index in [9.17, 15) is 9.59 Å². The Bertz CT molecular complexity index is 872. The van der Waals surface area contributed by atoms with Crippen molar-refractivity contribution in [2.45, 2.75) is 20.4 Å². The minimum absolute atomic E-state index is 0.0590. The van der Waals surface area contributed by atoms with Gasteiger partial charge in [-0.3, -0.25) is 4.79 Å². The van der Waals surface area contributed by atoms with Crippen LogP contribution in [0.1, 0.15) is 21.5 Å². The minimum Gasteiger partial charge on any atom is -0.459 e. The van der Waals surface area contributed by atoms with Gasteiger partial charge in [-0.05, 0) is 37.6 Å². The third-order valence-electron chi connectivity index (χ3n) is 3.33. The van der Waals surface area contributed by atoms with E-state index in [-0.39, 0.29) is 18.2 Å². The molecular formula is C16H14N2O4. The molecule has 112 valence electrons. The zero-order valence-electron chi connectivity index (χ0n) is 12.2. The van der Waals surface area contributed by atoms with Crippen LogP contribution in [-0.4, -0.2) is 15.6 Å². The topological polar surface area (TPSA) is 78.2 Å². The summed E-state index contributed by atoms with van der Waals surface area (Å²) in [6, 6.07) is 8.90. The summed E-state index contributed by atoms with van der Waals surface area (Å²) in [5.74, 6) is -0.480. The van der Waals surface area contributed by atoms with Gasteiger partial charge in [-0.1, -0.05) is 17.7 Å². The molecule has 6 nitrogen and oxygen atoms in total. The second kappa shape index (κ2) is 5.48. The molecule has 0 amide bonds. The molecule has 0 aliphatic carbocycles. The van der Waals surface area contributed by atoms with Crippen molar-refractivity contribution in [3.63, 3.8) is 0 Å². The highest BCUT2D eigenvalue weighted by molar-refractivity contribution is 5.97. The van der Waals surface area contributed by atoms with Crippen molar-refractivity contribution < 1.29 is 13.6 Å². The van der Waals surface area contributed by atoms with E-state index in [4.69, 9.17) is 8.83 Å². The Hall–Kier alpha value is -2.89. The maximum absolute atomic E-state index is 12.4. The number of furan rings is 1. The van der Waals surface area contributed by atoms with Crippen LogP contribution in [0.15, 0.2) is 50.2 Å². The SMILES string of the molecule is Cc1ccc(C)c(C(=O)Cn2nc(-c3ccco3)oc2=O)c1. The minimum atomic E-state index is -0.690. The van der Waals surface area contributed by atoms with Gasteiger partial charge in [0.05, 0.1) is 6.26 Å². The van der Waals surface area contributed by atoms with Gasteiger partial charge in [0.2, 0.25) is 0 Å². The molecule has 0 saturated carbocycles. The molecule has 2 aromatic heterocycles. The van der Waals surface area contributed by atoms with Crippen molar-refractivity contribution >= 4 is 5.78 Å². The summed E-state index contributed by atoms with van der Waals surface area (Å²) in [4.78, 5) is 24.2. The number of ketones is 1. The van der Waals surface area contributed by atoms with Crippen LogP contribution < -0.4 is 5.76 Å². The van der Waals surface area contributed by atoms with Crippen LogP contribution in [0.4, 0.5) is 0 Å². The largest absolute Gasteiger partial charge is 0.459 e. The Balaban J connectivity index is 1.89. The number of aryl methyl sites for hydroxylation is 2. The molecule has 0 fully saturated rings. The smallest absolute Gasteiger partial charge is 0.437 e. The summed E-state index contributed by atoms with van der Waals surface area (Å²) in [6.07, 6.45) is 1.45. The lowest BCUT2D eigenvalue weighted by atomic mass is 10.0. The van der Waals surface area contributed by atoms with Crippen LogP contribution in [0.25, 0.3) is 11.7 Å². The van der Waals surface area contributed by atoms with Crippen molar-refractivity contribution in [2.24, 2.45) is 0 Å². The van der Waals surface area contributed by atoms with Crippen molar-refractivity contribution in [1.29, 1.82) is 0 Å². The number of nitrogens with zero attached hydrogens (tertiary/aromatic N) is 2. The number of carbonyl (C=O) groups is 1. The average molecular weight is 298 g/mol. The Morgan fingerprint density at radius 3 is 2.82 bits per heavy atom. The molecule has 3 aromatic rings. The van der Waals surface area contributed by atoms with Crippen molar-refractivity contribution in [3.05, 3.63) is 63.8 Å². The number of hydrogen-bond donors (Lipinski definition) is 0. The number of benzene rings is 1. The van der Waals surface area contributed by atoms with Gasteiger partial charge in [-0.2, -0.15) is 4.68 Å². The van der Waals surface area contributed by atoms with Gasteiger partial charge in [-0.25, -0.2) is 4.79 Å². The van der Waals surface area contributed by atoms with Crippen molar-refractivity contribution in [3.8, 4) is 11.7 Å². The van der Waals surface area contributed by atoms with Gasteiger partial charge in [0.1, 0.15) is 6.54 Å². The highest BCUT2D eigenvalue weighted by atomic mass is 16.4. The summed E-state index contributed by atoms with van der Waals surface area (Å²) in [5.41, 5.74) is 2.42. The van der Waals surface area contributed by atoms with Crippen LogP contribution in [-0.2, 0) is 6.54 Å². The van der Waals surface area contributed by atoms with E-state index in [0.29, 0.717) is 11.3 Å². The first kappa shape index (κ1) is 14.1. The van der Waals surface area contributed by atoms with Gasteiger partial charge in [0.25, 0.3) is 5.89 Å². The summed E-state index contributed by atoms with van der Waals surface area (Å²) in [6.45, 7) is 3.59. The number of carbonyl (C=O) groups excluding carboxylic acids is 1. The lowest BCUT2D eigenvalue weighted by Crippen LogP contribution is -2.22. The van der Waals surface area contributed by atoms with Gasteiger partial charge in [0.15, 0.2) is 11.5 Å². The quantitative estimate of drug-likeness (QED) is 0.692. The average Bonchev–Trinajstić information content (AvgIpc) is 3.12. The zero-order valence-corrected chi connectivity index (χ0v) is 12.2. The molecule has 2 heterocycles. The molecule has 22 heavy (non-hydrogen) atoms. The monoisotopic (exact) mass is 298 g/mol. The lowest BCUT2D eigenvalue weighted by molar-refractivity contribution is 0.0964. The van der Waals surface area contributed by atoms with Gasteiger partial charge >= 0.3 is 5.76 Å². The van der Waals surface area contributed by atoms with E-state index in [0.717, 1.165) is 15.8 Å². The highest BCUT2D eigenvalue weighted by Gasteiger charge is 2.17. The fourth-order valence-corrected chi connectivity index (χ4v) is 2.16. The second-order valence-corrected chi connectivity index (χ2v) is 5.05. The van der Waals surface area contributed by atoms with Crippen LogP contribution >= 0.6 is 0 Å². The molecule has 1 aromatic carbocycles. The normalized spacial score (nSPS) is 10.8. The van der Waals surface area contributed by atoms with E-state index in [1.807, 2.05) is 26.0 Å². The number of rotatable bonds is 4. The molecule has 0 aliphatic rings. The standard InChI is InChI=1S/C16H14N2O4/c1-10-5-6-11(2)12(8-10)13(19)9-18-16(20)22-15(17-18)14-4-3-7-21-14/h3-8H,9H2,1-2H3. The molecule has 0 saturated heterocycles. The first-order valence-electron chi connectivity index (χ1n) is 6.77. The third-order valence-corrected chi connectivity index (χ3v) is 3.33. The van der Waals surface area contributed by atoms with Gasteiger partial charge in [-0.15, -0.1) is 5.10 Å². The Labute approximate surface area is 126 Å².